The summed E-state index contributed by atoms with van der Waals surface area (Å²) in [6, 6.07) is 20.8. The van der Waals surface area contributed by atoms with Gasteiger partial charge in [-0.25, -0.2) is 0 Å². The Kier molecular flexibility index (Phi) is 18.2. The average molecular weight is 440 g/mol. The topological polar surface area (TPSA) is 85.5 Å². The van der Waals surface area contributed by atoms with Gasteiger partial charge < -0.3 is 16.4 Å². The first-order valence-electron chi connectivity index (χ1n) is 4.32. The van der Waals surface area contributed by atoms with Gasteiger partial charge in [0.25, 0.3) is 0 Å². The van der Waals surface area contributed by atoms with Crippen molar-refractivity contribution in [2.75, 3.05) is 0 Å². The van der Waals surface area contributed by atoms with E-state index in [1.165, 1.54) is 52.2 Å². The van der Waals surface area contributed by atoms with Crippen LogP contribution in [0.1, 0.15) is 0 Å². The second kappa shape index (κ2) is 14.0. The van der Waals surface area contributed by atoms with Gasteiger partial charge in [0.05, 0.1) is 0 Å². The van der Waals surface area contributed by atoms with Crippen molar-refractivity contribution in [3.05, 3.63) is 60.7 Å². The molecule has 0 amide bonds. The fraction of sp³-hybridized carbons (Fsp3) is 0. The molecule has 0 radical (unpaired) electrons. The van der Waals surface area contributed by atoms with Crippen molar-refractivity contribution in [1.82, 2.24) is 0 Å². The predicted molar refractivity (Wildman–Crippen MR) is 65.7 cm³/mol. The number of benzene rings is 2. The molecule has 3 nitrogen and oxygen atoms in total. The molecule has 0 saturated carbocycles. The number of rotatable bonds is 0. The summed E-state index contributed by atoms with van der Waals surface area (Å²) in [4.78, 5) is 0. The van der Waals surface area contributed by atoms with Crippen LogP contribution >= 0.6 is 0 Å². The van der Waals surface area contributed by atoms with Crippen molar-refractivity contribution < 1.29 is 16.4 Å². The van der Waals surface area contributed by atoms with Crippen LogP contribution in [0.2, 0.25) is 0 Å². The Balaban J connectivity index is -0.000000196. The van der Waals surface area contributed by atoms with Crippen LogP contribution in [0, 0.1) is 0 Å². The van der Waals surface area contributed by atoms with Crippen LogP contribution in [-0.2, 0) is 16.4 Å². The third kappa shape index (κ3) is 12.2. The van der Waals surface area contributed by atoms with Crippen LogP contribution in [0.4, 0.5) is 0 Å². The molecule has 0 aliphatic heterocycles. The van der Waals surface area contributed by atoms with E-state index in [4.69, 9.17) is 0 Å². The van der Waals surface area contributed by atoms with E-state index in [0.29, 0.717) is 0 Å². The first kappa shape index (κ1) is 22.1. The number of hydrogen-bond acceptors (Lipinski definition) is 0. The van der Waals surface area contributed by atoms with Crippen molar-refractivity contribution in [2.24, 2.45) is 0 Å². The minimum atomic E-state index is 0. The molecule has 0 N–H and O–H groups in total. The zero-order valence-corrected chi connectivity index (χ0v) is 14.7. The van der Waals surface area contributed by atoms with Crippen LogP contribution < -0.4 is 7.16 Å². The molecular formula is C12H10O3Sn2. The maximum absolute atomic E-state index is 2.12. The van der Waals surface area contributed by atoms with E-state index < -0.39 is 0 Å². The maximum atomic E-state index is 2.12. The number of hydrogen-bond donors (Lipinski definition) is 0. The molecular weight excluding hydrogens is 430 g/mol. The standard InChI is InChI=1S/2C6H5.3O.2Sn/c2*1-2-4-6-5-3-1;;;;;/h2*1-5H;;;;;/q;;3*-2;2*+3. The summed E-state index contributed by atoms with van der Waals surface area (Å²) in [5, 5.41) is 0. The van der Waals surface area contributed by atoms with Crippen molar-refractivity contribution in [3.63, 3.8) is 0 Å². The third-order valence-electron chi connectivity index (χ3n) is 1.55. The molecule has 0 atom stereocenters. The Morgan fingerprint density at radius 3 is 0.824 bits per heavy atom. The molecule has 5 heteroatoms. The monoisotopic (exact) mass is 442 g/mol. The zero-order valence-electron chi connectivity index (χ0n) is 9.00. The summed E-state index contributed by atoms with van der Waals surface area (Å²) >= 11 is 2.99. The quantitative estimate of drug-likeness (QED) is 0.539. The van der Waals surface area contributed by atoms with Crippen LogP contribution in [0.5, 0.6) is 0 Å². The van der Waals surface area contributed by atoms with E-state index in [9.17, 15) is 0 Å². The Labute approximate surface area is 128 Å². The second-order valence-electron chi connectivity index (χ2n) is 2.73. The molecule has 0 heterocycles. The molecule has 2 aromatic carbocycles. The normalized spacial score (nSPS) is 7.29. The molecule has 0 saturated heterocycles. The summed E-state index contributed by atoms with van der Waals surface area (Å²) in [7, 11) is 0. The summed E-state index contributed by atoms with van der Waals surface area (Å²) in [6.07, 6.45) is 0. The SMILES string of the molecule is [O-2].[O-2].[O-2].[Sn+3][c]1ccccc1.[Sn+3][c]1ccccc1. The van der Waals surface area contributed by atoms with E-state index in [2.05, 4.69) is 48.5 Å². The summed E-state index contributed by atoms with van der Waals surface area (Å²) in [5.41, 5.74) is 0. The van der Waals surface area contributed by atoms with E-state index in [0.717, 1.165) is 0 Å². The molecule has 0 fully saturated rings. The Hall–Kier alpha value is -0.0826. The van der Waals surface area contributed by atoms with Gasteiger partial charge in [-0.2, -0.15) is 0 Å². The Bertz CT molecular complexity index is 317. The zero-order chi connectivity index (χ0) is 10.2. The Morgan fingerprint density at radius 2 is 0.706 bits per heavy atom. The molecule has 2 rings (SSSR count). The van der Waals surface area contributed by atoms with Crippen molar-refractivity contribution in [2.45, 2.75) is 0 Å². The van der Waals surface area contributed by atoms with E-state index >= 15 is 0 Å². The van der Waals surface area contributed by atoms with E-state index in [-0.39, 0.29) is 16.4 Å². The molecule has 0 unspecified atom stereocenters. The van der Waals surface area contributed by atoms with Gasteiger partial charge >= 0.3 is 113 Å². The predicted octanol–water partition coefficient (Wildman–Crippen LogP) is 0.604. The molecule has 17 heavy (non-hydrogen) atoms. The third-order valence-corrected chi connectivity index (χ3v) is 3.45. The van der Waals surface area contributed by atoms with Gasteiger partial charge in [-0.15, -0.1) is 0 Å². The van der Waals surface area contributed by atoms with Gasteiger partial charge in [-0.1, -0.05) is 0 Å². The van der Waals surface area contributed by atoms with Crippen LogP contribution in [0.3, 0.4) is 0 Å². The molecule has 0 aromatic heterocycles. The van der Waals surface area contributed by atoms with Gasteiger partial charge in [0.2, 0.25) is 0 Å². The first-order chi connectivity index (χ1) is 6.79. The second-order valence-corrected chi connectivity index (χ2v) is 6.03. The van der Waals surface area contributed by atoms with Crippen LogP contribution in [-0.4, -0.2) is 45.0 Å². The van der Waals surface area contributed by atoms with Gasteiger partial charge in [0, 0.05) is 0 Å². The fourth-order valence-corrected chi connectivity index (χ4v) is 1.97. The van der Waals surface area contributed by atoms with Crippen molar-refractivity contribution in [1.29, 1.82) is 0 Å². The van der Waals surface area contributed by atoms with Crippen LogP contribution in [0.15, 0.2) is 60.7 Å². The van der Waals surface area contributed by atoms with Gasteiger partial charge in [-0.3, -0.25) is 0 Å². The molecule has 0 bridgehead atoms. The first-order valence-corrected chi connectivity index (χ1v) is 7.18. The van der Waals surface area contributed by atoms with E-state index in [1.807, 2.05) is 12.1 Å². The van der Waals surface area contributed by atoms with E-state index in [1.54, 1.807) is 0 Å². The molecule has 0 aliphatic carbocycles. The summed E-state index contributed by atoms with van der Waals surface area (Å²) in [5.74, 6) is 0. The summed E-state index contributed by atoms with van der Waals surface area (Å²) in [6.45, 7) is 0. The molecule has 2 aromatic rings. The van der Waals surface area contributed by atoms with Crippen LogP contribution in [0.25, 0.3) is 0 Å². The van der Waals surface area contributed by atoms with Gasteiger partial charge in [0.15, 0.2) is 0 Å². The molecule has 0 aliphatic rings. The Morgan fingerprint density at radius 1 is 0.471 bits per heavy atom. The van der Waals surface area contributed by atoms with Crippen molar-refractivity contribution in [3.8, 4) is 0 Å². The molecule has 84 valence electrons. The summed E-state index contributed by atoms with van der Waals surface area (Å²) < 4.78 is 2.82. The van der Waals surface area contributed by atoms with Crippen molar-refractivity contribution >= 4 is 52.2 Å². The van der Waals surface area contributed by atoms with Gasteiger partial charge in [-0.05, 0) is 0 Å². The fourth-order valence-electron chi connectivity index (χ4n) is 0.876. The molecule has 0 spiro atoms. The minimum absolute atomic E-state index is 0. The average Bonchev–Trinajstić information content (AvgIpc) is 2.21. The van der Waals surface area contributed by atoms with Gasteiger partial charge in [0.1, 0.15) is 0 Å².